The van der Waals surface area contributed by atoms with Crippen molar-refractivity contribution in [3.8, 4) is 0 Å². The van der Waals surface area contributed by atoms with E-state index in [4.69, 9.17) is 0 Å². The van der Waals surface area contributed by atoms with Crippen molar-refractivity contribution >= 4 is 27.7 Å². The minimum atomic E-state index is -0.376. The second kappa shape index (κ2) is 8.23. The minimum absolute atomic E-state index is 0.263. The number of nitrogens with one attached hydrogen (secondary N) is 1. The fraction of sp³-hybridized carbons (Fsp3) is 0.200. The van der Waals surface area contributed by atoms with Crippen molar-refractivity contribution in [2.45, 2.75) is 27.1 Å². The third kappa shape index (κ3) is 4.18. The molecule has 4 aromatic rings. The Morgan fingerprint density at radius 2 is 1.83 bits per heavy atom. The van der Waals surface area contributed by atoms with E-state index in [-0.39, 0.29) is 24.0 Å². The molecule has 1 amide bonds. The van der Waals surface area contributed by atoms with Crippen LogP contribution in [0.4, 0.5) is 10.2 Å². The Bertz CT molecular complexity index is 1210. The maximum Gasteiger partial charge on any atom is 0.277 e. The topological polar surface area (TPSA) is 82.6 Å². The van der Waals surface area contributed by atoms with E-state index in [1.807, 2.05) is 13.8 Å². The van der Waals surface area contributed by atoms with E-state index in [0.29, 0.717) is 18.1 Å². The number of nitrogens with zero attached hydrogens (tertiary/aromatic N) is 6. The van der Waals surface area contributed by atoms with Gasteiger partial charge < -0.3 is 5.32 Å². The van der Waals surface area contributed by atoms with Gasteiger partial charge in [-0.2, -0.15) is 15.3 Å². The van der Waals surface area contributed by atoms with Gasteiger partial charge in [0.2, 0.25) is 0 Å². The summed E-state index contributed by atoms with van der Waals surface area (Å²) in [7, 11) is 0. The van der Waals surface area contributed by atoms with Crippen LogP contribution in [0.3, 0.4) is 0 Å². The molecule has 1 N–H and O–H groups in total. The molecule has 0 unspecified atom stereocenters. The van der Waals surface area contributed by atoms with Gasteiger partial charge in [-0.1, -0.05) is 18.2 Å². The van der Waals surface area contributed by atoms with E-state index in [1.54, 1.807) is 56.8 Å². The first kappa shape index (κ1) is 20.0. The molecule has 0 atom stereocenters. The third-order valence-corrected chi connectivity index (χ3v) is 5.77. The summed E-state index contributed by atoms with van der Waals surface area (Å²) in [5.74, 6) is -0.299. The summed E-state index contributed by atoms with van der Waals surface area (Å²) < 4.78 is 19.8. The first-order valence-corrected chi connectivity index (χ1v) is 10.0. The Kier molecular flexibility index (Phi) is 5.49. The molecule has 154 valence electrons. The minimum Gasteiger partial charge on any atom is -0.304 e. The maximum absolute atomic E-state index is 13.8. The lowest BCUT2D eigenvalue weighted by molar-refractivity contribution is 0.102. The lowest BCUT2D eigenvalue weighted by Gasteiger charge is -2.05. The molecule has 0 fully saturated rings. The molecule has 0 saturated heterocycles. The fourth-order valence-corrected chi connectivity index (χ4v) is 3.29. The van der Waals surface area contributed by atoms with Gasteiger partial charge in [0, 0.05) is 24.0 Å². The second-order valence-electron chi connectivity index (χ2n) is 6.81. The van der Waals surface area contributed by atoms with Gasteiger partial charge in [-0.05, 0) is 41.9 Å². The molecule has 8 nitrogen and oxygen atoms in total. The van der Waals surface area contributed by atoms with E-state index < -0.39 is 0 Å². The Balaban J connectivity index is 1.41. The standard InChI is InChI=1S/C20H19BrFN7O/c1-13-19(21)14(2)29(24-13)12-28-9-7-17(25-28)20(30)23-18-8-10-27(26-18)11-15-5-3-4-6-16(15)22/h3-10H,11-12H2,1-2H3,(H,23,26,30). The third-order valence-electron chi connectivity index (χ3n) is 4.62. The zero-order chi connectivity index (χ0) is 21.3. The van der Waals surface area contributed by atoms with Gasteiger partial charge in [0.1, 0.15) is 12.5 Å². The van der Waals surface area contributed by atoms with Crippen LogP contribution in [-0.2, 0) is 13.2 Å². The van der Waals surface area contributed by atoms with Crippen LogP contribution in [0, 0.1) is 19.7 Å². The number of halogens is 2. The summed E-state index contributed by atoms with van der Waals surface area (Å²) in [5.41, 5.74) is 2.66. The van der Waals surface area contributed by atoms with Crippen LogP contribution in [0.1, 0.15) is 27.4 Å². The van der Waals surface area contributed by atoms with Gasteiger partial charge in [-0.3, -0.25) is 14.2 Å². The summed E-state index contributed by atoms with van der Waals surface area (Å²) in [6, 6.07) is 9.80. The highest BCUT2D eigenvalue weighted by atomic mass is 79.9. The normalized spacial score (nSPS) is 11.1. The molecule has 0 spiro atoms. The number of hydrogen-bond acceptors (Lipinski definition) is 4. The number of benzene rings is 1. The Morgan fingerprint density at radius 1 is 1.07 bits per heavy atom. The van der Waals surface area contributed by atoms with E-state index in [9.17, 15) is 9.18 Å². The molecule has 10 heteroatoms. The van der Waals surface area contributed by atoms with Gasteiger partial charge in [0.25, 0.3) is 5.91 Å². The average Bonchev–Trinajstić information content (AvgIpc) is 3.42. The molecule has 4 rings (SSSR count). The molecule has 0 radical (unpaired) electrons. The molecule has 3 aromatic heterocycles. The Morgan fingerprint density at radius 3 is 2.57 bits per heavy atom. The van der Waals surface area contributed by atoms with E-state index in [0.717, 1.165) is 15.9 Å². The van der Waals surface area contributed by atoms with Crippen LogP contribution in [0.2, 0.25) is 0 Å². The van der Waals surface area contributed by atoms with Crippen LogP contribution in [0.25, 0.3) is 0 Å². The fourth-order valence-electron chi connectivity index (χ4n) is 3.01. The highest BCUT2D eigenvalue weighted by Gasteiger charge is 2.14. The van der Waals surface area contributed by atoms with E-state index in [2.05, 4.69) is 36.5 Å². The van der Waals surface area contributed by atoms with Gasteiger partial charge >= 0.3 is 0 Å². The van der Waals surface area contributed by atoms with Crippen molar-refractivity contribution < 1.29 is 9.18 Å². The lowest BCUT2D eigenvalue weighted by Crippen LogP contribution is -2.16. The van der Waals surface area contributed by atoms with Crippen LogP contribution < -0.4 is 5.32 Å². The van der Waals surface area contributed by atoms with Crippen molar-refractivity contribution in [3.05, 3.63) is 81.7 Å². The molecule has 3 heterocycles. The molecule has 0 aliphatic carbocycles. The largest absolute Gasteiger partial charge is 0.304 e. The predicted octanol–water partition coefficient (Wildman–Crippen LogP) is 3.60. The number of carbonyl (C=O) groups is 1. The zero-order valence-electron chi connectivity index (χ0n) is 16.4. The summed E-state index contributed by atoms with van der Waals surface area (Å²) >= 11 is 3.50. The van der Waals surface area contributed by atoms with Gasteiger partial charge in [-0.25, -0.2) is 9.07 Å². The molecule has 0 bridgehead atoms. The maximum atomic E-state index is 13.8. The number of amides is 1. The molecule has 1 aromatic carbocycles. The smallest absolute Gasteiger partial charge is 0.277 e. The highest BCUT2D eigenvalue weighted by molar-refractivity contribution is 9.10. The van der Waals surface area contributed by atoms with Gasteiger partial charge in [0.15, 0.2) is 11.5 Å². The Labute approximate surface area is 180 Å². The SMILES string of the molecule is Cc1nn(Cn2ccc(C(=O)Nc3ccn(Cc4ccccc4F)n3)n2)c(C)c1Br. The number of carbonyl (C=O) groups excluding carboxylic acids is 1. The first-order chi connectivity index (χ1) is 14.4. The monoisotopic (exact) mass is 471 g/mol. The van der Waals surface area contributed by atoms with Crippen LogP contribution in [-0.4, -0.2) is 35.2 Å². The molecular weight excluding hydrogens is 453 g/mol. The second-order valence-corrected chi connectivity index (χ2v) is 7.60. The summed E-state index contributed by atoms with van der Waals surface area (Å²) in [6.45, 7) is 4.54. The van der Waals surface area contributed by atoms with Gasteiger partial charge in [-0.15, -0.1) is 0 Å². The van der Waals surface area contributed by atoms with Crippen LogP contribution in [0.15, 0.2) is 53.3 Å². The molecular formula is C20H19BrFN7O. The van der Waals surface area contributed by atoms with Crippen LogP contribution >= 0.6 is 15.9 Å². The number of anilines is 1. The number of hydrogen-bond donors (Lipinski definition) is 1. The molecule has 0 saturated carbocycles. The summed E-state index contributed by atoms with van der Waals surface area (Å²) in [6.07, 6.45) is 3.40. The Hall–Kier alpha value is -3.27. The molecule has 0 aliphatic rings. The average molecular weight is 472 g/mol. The van der Waals surface area contributed by atoms with Crippen molar-refractivity contribution in [3.63, 3.8) is 0 Å². The van der Waals surface area contributed by atoms with Gasteiger partial charge in [0.05, 0.1) is 22.4 Å². The first-order valence-electron chi connectivity index (χ1n) is 9.22. The molecule has 0 aliphatic heterocycles. The quantitative estimate of drug-likeness (QED) is 0.465. The number of rotatable bonds is 6. The number of aromatic nitrogens is 6. The van der Waals surface area contributed by atoms with E-state index in [1.165, 1.54) is 6.07 Å². The van der Waals surface area contributed by atoms with Crippen molar-refractivity contribution in [1.29, 1.82) is 0 Å². The zero-order valence-corrected chi connectivity index (χ0v) is 18.0. The summed E-state index contributed by atoms with van der Waals surface area (Å²) in [4.78, 5) is 12.5. The molecule has 30 heavy (non-hydrogen) atoms. The van der Waals surface area contributed by atoms with Crippen molar-refractivity contribution in [1.82, 2.24) is 29.3 Å². The predicted molar refractivity (Wildman–Crippen MR) is 113 cm³/mol. The van der Waals surface area contributed by atoms with Crippen LogP contribution in [0.5, 0.6) is 0 Å². The van der Waals surface area contributed by atoms with E-state index >= 15 is 0 Å². The lowest BCUT2D eigenvalue weighted by atomic mass is 10.2. The summed E-state index contributed by atoms with van der Waals surface area (Å²) in [5, 5.41) is 15.7. The van der Waals surface area contributed by atoms with Crippen molar-refractivity contribution in [2.75, 3.05) is 5.32 Å². The van der Waals surface area contributed by atoms with Crippen molar-refractivity contribution in [2.24, 2.45) is 0 Å². The highest BCUT2D eigenvalue weighted by Crippen LogP contribution is 2.19. The number of aryl methyl sites for hydroxylation is 1.